The van der Waals surface area contributed by atoms with Gasteiger partial charge in [0, 0.05) is 12.2 Å². The molecule has 0 atom stereocenters. The highest BCUT2D eigenvalue weighted by Crippen LogP contribution is 2.28. The fourth-order valence-corrected chi connectivity index (χ4v) is 4.54. The molecule has 3 aromatic rings. The summed E-state index contributed by atoms with van der Waals surface area (Å²) in [5.41, 5.74) is 2.79. The van der Waals surface area contributed by atoms with Crippen LogP contribution in [0, 0.1) is 17.1 Å². The number of anilines is 1. The quantitative estimate of drug-likeness (QED) is 0.456. The molecule has 2 heterocycles. The van der Waals surface area contributed by atoms with E-state index in [9.17, 15) is 14.0 Å². The van der Waals surface area contributed by atoms with Crippen molar-refractivity contribution in [2.45, 2.75) is 18.9 Å². The first-order valence-electron chi connectivity index (χ1n) is 11.8. The predicted molar refractivity (Wildman–Crippen MR) is 132 cm³/mol. The highest BCUT2D eigenvalue weighted by Gasteiger charge is 2.41. The number of nitriles is 1. The predicted octanol–water partition coefficient (Wildman–Crippen LogP) is 3.75. The van der Waals surface area contributed by atoms with Gasteiger partial charge < -0.3 is 19.1 Å². The Morgan fingerprint density at radius 1 is 1.03 bits per heavy atom. The molecule has 0 saturated carbocycles. The molecule has 2 amide bonds. The summed E-state index contributed by atoms with van der Waals surface area (Å²) in [4.78, 5) is 28.8. The minimum absolute atomic E-state index is 0.133. The lowest BCUT2D eigenvalue weighted by Crippen LogP contribution is -2.51. The van der Waals surface area contributed by atoms with E-state index in [1.165, 1.54) is 18.1 Å². The van der Waals surface area contributed by atoms with Crippen molar-refractivity contribution in [3.63, 3.8) is 0 Å². The third kappa shape index (κ3) is 4.89. The second-order valence-electron chi connectivity index (χ2n) is 8.78. The second kappa shape index (κ2) is 10.4. The highest BCUT2D eigenvalue weighted by atomic mass is 19.1. The fourth-order valence-electron chi connectivity index (χ4n) is 4.54. The first-order chi connectivity index (χ1) is 18.0. The third-order valence-corrected chi connectivity index (χ3v) is 6.46. The number of methoxy groups -OCH3 is 1. The average Bonchev–Trinajstić information content (AvgIpc) is 3.18. The van der Waals surface area contributed by atoms with Gasteiger partial charge in [-0.25, -0.2) is 4.39 Å². The SMILES string of the molecule is COc1ccc(CN(CC2OCC(N3C(=O)c4ccccc4C3=O)CO2)c2ccc(C#N)cc2)cc1F. The molecule has 1 saturated heterocycles. The molecule has 5 rings (SSSR count). The van der Waals surface area contributed by atoms with Crippen LogP contribution in [-0.4, -0.2) is 55.9 Å². The number of carbonyl (C=O) groups is 2. The molecule has 0 radical (unpaired) electrons. The van der Waals surface area contributed by atoms with E-state index in [0.29, 0.717) is 35.3 Å². The molecule has 0 bridgehead atoms. The van der Waals surface area contributed by atoms with Crippen molar-refractivity contribution in [2.24, 2.45) is 0 Å². The zero-order chi connectivity index (χ0) is 25.9. The molecule has 9 heteroatoms. The number of halogens is 1. The van der Waals surface area contributed by atoms with Gasteiger partial charge in [0.05, 0.1) is 55.7 Å². The molecule has 8 nitrogen and oxygen atoms in total. The number of amides is 2. The number of fused-ring (bicyclic) bond motifs is 1. The van der Waals surface area contributed by atoms with Gasteiger partial charge in [0.15, 0.2) is 17.9 Å². The highest BCUT2D eigenvalue weighted by molar-refractivity contribution is 6.21. The van der Waals surface area contributed by atoms with Crippen LogP contribution in [-0.2, 0) is 16.0 Å². The third-order valence-electron chi connectivity index (χ3n) is 6.46. The largest absolute Gasteiger partial charge is 0.494 e. The van der Waals surface area contributed by atoms with Crippen LogP contribution in [0.5, 0.6) is 5.75 Å². The van der Waals surface area contributed by atoms with E-state index in [4.69, 9.17) is 19.5 Å². The first-order valence-corrected chi connectivity index (χ1v) is 11.8. The minimum Gasteiger partial charge on any atom is -0.494 e. The standard InChI is InChI=1S/C28H24FN3O5/c1-35-25-11-8-19(12-24(25)29)14-31(20-9-6-18(13-30)7-10-20)15-26-36-16-21(17-37-26)32-27(33)22-4-2-3-5-23(22)28(32)34/h2-12,21,26H,14-17H2,1H3. The summed E-state index contributed by atoms with van der Waals surface area (Å²) in [7, 11) is 1.41. The van der Waals surface area contributed by atoms with E-state index in [-0.39, 0.29) is 30.8 Å². The molecule has 0 unspecified atom stereocenters. The van der Waals surface area contributed by atoms with Gasteiger partial charge in [0.2, 0.25) is 0 Å². The number of hydrogen-bond donors (Lipinski definition) is 0. The lowest BCUT2D eigenvalue weighted by molar-refractivity contribution is -0.191. The fraction of sp³-hybridized carbons (Fsp3) is 0.250. The van der Waals surface area contributed by atoms with Crippen molar-refractivity contribution >= 4 is 17.5 Å². The Hall–Kier alpha value is -4.26. The number of hydrogen-bond acceptors (Lipinski definition) is 7. The molecular weight excluding hydrogens is 477 g/mol. The maximum atomic E-state index is 14.3. The summed E-state index contributed by atoms with van der Waals surface area (Å²) in [5.74, 6) is -1.01. The molecular formula is C28H24FN3O5. The summed E-state index contributed by atoms with van der Waals surface area (Å²) < 4.78 is 31.2. The van der Waals surface area contributed by atoms with E-state index < -0.39 is 18.1 Å². The number of rotatable bonds is 7. The Morgan fingerprint density at radius 2 is 1.68 bits per heavy atom. The minimum atomic E-state index is -0.648. The van der Waals surface area contributed by atoms with E-state index in [1.54, 1.807) is 48.5 Å². The molecule has 1 fully saturated rings. The van der Waals surface area contributed by atoms with Crippen LogP contribution in [0.25, 0.3) is 0 Å². The van der Waals surface area contributed by atoms with Crippen LogP contribution in [0.3, 0.4) is 0 Å². The van der Waals surface area contributed by atoms with Crippen molar-refractivity contribution in [3.05, 3.63) is 94.8 Å². The Kier molecular flexibility index (Phi) is 6.86. The van der Waals surface area contributed by atoms with Gasteiger partial charge in [-0.2, -0.15) is 5.26 Å². The van der Waals surface area contributed by atoms with Gasteiger partial charge in [0.25, 0.3) is 11.8 Å². The zero-order valence-corrected chi connectivity index (χ0v) is 20.1. The lowest BCUT2D eigenvalue weighted by atomic mass is 10.1. The second-order valence-corrected chi connectivity index (χ2v) is 8.78. The average molecular weight is 502 g/mol. The van der Waals surface area contributed by atoms with Crippen molar-refractivity contribution < 1.29 is 28.2 Å². The summed E-state index contributed by atoms with van der Waals surface area (Å²) >= 11 is 0. The van der Waals surface area contributed by atoms with Gasteiger partial charge in [0.1, 0.15) is 0 Å². The summed E-state index contributed by atoms with van der Waals surface area (Å²) in [5, 5.41) is 9.14. The summed E-state index contributed by atoms with van der Waals surface area (Å²) in [6.07, 6.45) is -0.648. The van der Waals surface area contributed by atoms with Crippen molar-refractivity contribution in [1.82, 2.24) is 4.90 Å². The maximum Gasteiger partial charge on any atom is 0.261 e. The molecule has 0 aromatic heterocycles. The van der Waals surface area contributed by atoms with E-state index in [0.717, 1.165) is 5.69 Å². The number of carbonyl (C=O) groups excluding carboxylic acids is 2. The van der Waals surface area contributed by atoms with Crippen LogP contribution in [0.2, 0.25) is 0 Å². The molecule has 0 aliphatic carbocycles. The lowest BCUT2D eigenvalue weighted by Gasteiger charge is -2.36. The molecule has 2 aliphatic rings. The van der Waals surface area contributed by atoms with Gasteiger partial charge >= 0.3 is 0 Å². The molecule has 0 spiro atoms. The summed E-state index contributed by atoms with van der Waals surface area (Å²) in [6, 6.07) is 20.1. The zero-order valence-electron chi connectivity index (χ0n) is 20.1. The van der Waals surface area contributed by atoms with E-state index in [2.05, 4.69) is 6.07 Å². The molecule has 3 aromatic carbocycles. The van der Waals surface area contributed by atoms with Crippen molar-refractivity contribution in [3.8, 4) is 11.8 Å². The van der Waals surface area contributed by atoms with Crippen LogP contribution >= 0.6 is 0 Å². The van der Waals surface area contributed by atoms with Crippen molar-refractivity contribution in [2.75, 3.05) is 31.8 Å². The van der Waals surface area contributed by atoms with Crippen LogP contribution in [0.4, 0.5) is 10.1 Å². The smallest absolute Gasteiger partial charge is 0.261 e. The molecule has 188 valence electrons. The molecule has 2 aliphatic heterocycles. The Morgan fingerprint density at radius 3 is 2.24 bits per heavy atom. The molecule has 0 N–H and O–H groups in total. The van der Waals surface area contributed by atoms with Crippen LogP contribution < -0.4 is 9.64 Å². The number of imide groups is 1. The monoisotopic (exact) mass is 501 g/mol. The Balaban J connectivity index is 1.29. The van der Waals surface area contributed by atoms with Gasteiger partial charge in [-0.05, 0) is 54.1 Å². The van der Waals surface area contributed by atoms with Gasteiger partial charge in [-0.3, -0.25) is 14.5 Å². The van der Waals surface area contributed by atoms with Crippen LogP contribution in [0.15, 0.2) is 66.7 Å². The topological polar surface area (TPSA) is 92.1 Å². The van der Waals surface area contributed by atoms with E-state index >= 15 is 0 Å². The number of benzene rings is 3. The Labute approximate surface area is 213 Å². The maximum absolute atomic E-state index is 14.3. The number of ether oxygens (including phenoxy) is 3. The normalized spacial score (nSPS) is 18.9. The number of nitrogens with zero attached hydrogens (tertiary/aromatic N) is 3. The van der Waals surface area contributed by atoms with Crippen molar-refractivity contribution in [1.29, 1.82) is 5.26 Å². The van der Waals surface area contributed by atoms with E-state index in [1.807, 2.05) is 17.0 Å². The first kappa shape index (κ1) is 24.4. The molecule has 37 heavy (non-hydrogen) atoms. The Bertz CT molecular complexity index is 1330. The summed E-state index contributed by atoms with van der Waals surface area (Å²) in [6.45, 7) is 0.912. The van der Waals surface area contributed by atoms with Gasteiger partial charge in [-0.1, -0.05) is 18.2 Å². The van der Waals surface area contributed by atoms with Crippen LogP contribution in [0.1, 0.15) is 31.8 Å². The van der Waals surface area contributed by atoms with Gasteiger partial charge in [-0.15, -0.1) is 0 Å².